The highest BCUT2D eigenvalue weighted by molar-refractivity contribution is 5.94. The summed E-state index contributed by atoms with van der Waals surface area (Å²) in [6.45, 7) is 5.28. The highest BCUT2D eigenvalue weighted by Crippen LogP contribution is 2.19. The molecule has 0 radical (unpaired) electrons. The first-order valence-corrected chi connectivity index (χ1v) is 4.67. The van der Waals surface area contributed by atoms with Crippen molar-refractivity contribution in [1.29, 1.82) is 0 Å². The number of azide groups is 1. The Morgan fingerprint density at radius 2 is 2.25 bits per heavy atom. The molecule has 0 spiro atoms. The van der Waals surface area contributed by atoms with Crippen LogP contribution in [-0.4, -0.2) is 16.6 Å². The fraction of sp³-hybridized carbons (Fsp3) is 0.400. The number of nitrogens with zero attached hydrogens (tertiary/aromatic N) is 4. The Labute approximate surface area is 92.9 Å². The largest absolute Gasteiger partial charge is 0.456 e. The summed E-state index contributed by atoms with van der Waals surface area (Å²) in [7, 11) is 0. The van der Waals surface area contributed by atoms with Crippen molar-refractivity contribution in [2.45, 2.75) is 26.4 Å². The van der Waals surface area contributed by atoms with Crippen LogP contribution in [0.1, 0.15) is 31.1 Å². The van der Waals surface area contributed by atoms with Gasteiger partial charge in [-0.05, 0) is 43.5 Å². The number of ether oxygens (including phenoxy) is 1. The van der Waals surface area contributed by atoms with Crippen LogP contribution in [-0.2, 0) is 4.74 Å². The number of hydrogen-bond acceptors (Lipinski definition) is 4. The standard InChI is InChI=1S/C10H12N4O2/c1-10(2,3)16-9(15)7-5-4-6-12-8(7)13-14-11/h4-6H,1-3H3. The Bertz CT molecular complexity index is 444. The normalized spacial score (nSPS) is 10.4. The molecule has 84 valence electrons. The summed E-state index contributed by atoms with van der Waals surface area (Å²) in [6.07, 6.45) is 1.44. The van der Waals surface area contributed by atoms with Gasteiger partial charge in [0.25, 0.3) is 0 Å². The van der Waals surface area contributed by atoms with Crippen LogP contribution in [0, 0.1) is 0 Å². The molecule has 0 saturated carbocycles. The van der Waals surface area contributed by atoms with Crippen molar-refractivity contribution in [3.63, 3.8) is 0 Å². The van der Waals surface area contributed by atoms with Crippen LogP contribution in [0.4, 0.5) is 5.82 Å². The zero-order valence-corrected chi connectivity index (χ0v) is 9.34. The molecule has 0 aliphatic carbocycles. The van der Waals surface area contributed by atoms with E-state index in [2.05, 4.69) is 15.0 Å². The first-order chi connectivity index (χ1) is 7.44. The quantitative estimate of drug-likeness (QED) is 0.332. The molecule has 1 heterocycles. The molecule has 1 rings (SSSR count). The highest BCUT2D eigenvalue weighted by atomic mass is 16.6. The van der Waals surface area contributed by atoms with Crippen LogP contribution in [0.2, 0.25) is 0 Å². The lowest BCUT2D eigenvalue weighted by molar-refractivity contribution is 0.00702. The molecule has 0 fully saturated rings. The van der Waals surface area contributed by atoms with Gasteiger partial charge in [0, 0.05) is 11.1 Å². The summed E-state index contributed by atoms with van der Waals surface area (Å²) in [6, 6.07) is 3.08. The van der Waals surface area contributed by atoms with Gasteiger partial charge < -0.3 is 4.74 Å². The lowest BCUT2D eigenvalue weighted by Gasteiger charge is -2.19. The number of hydrogen-bond donors (Lipinski definition) is 0. The van der Waals surface area contributed by atoms with Gasteiger partial charge in [-0.15, -0.1) is 0 Å². The summed E-state index contributed by atoms with van der Waals surface area (Å²) in [5.41, 5.74) is 7.89. The van der Waals surface area contributed by atoms with Crippen LogP contribution in [0.3, 0.4) is 0 Å². The number of rotatable bonds is 2. The summed E-state index contributed by atoms with van der Waals surface area (Å²) >= 11 is 0. The Kier molecular flexibility index (Phi) is 3.48. The third-order valence-corrected chi connectivity index (χ3v) is 1.54. The van der Waals surface area contributed by atoms with Gasteiger partial charge in [0.15, 0.2) is 0 Å². The van der Waals surface area contributed by atoms with Gasteiger partial charge in [-0.1, -0.05) is 0 Å². The summed E-state index contributed by atoms with van der Waals surface area (Å²) in [5, 5.41) is 3.33. The molecule has 0 atom stereocenters. The Hall–Kier alpha value is -2.07. The molecule has 0 aliphatic heterocycles. The summed E-state index contributed by atoms with van der Waals surface area (Å²) in [5.74, 6) is -0.526. The van der Waals surface area contributed by atoms with Gasteiger partial charge in [0.1, 0.15) is 11.4 Å². The lowest BCUT2D eigenvalue weighted by atomic mass is 10.2. The van der Waals surface area contributed by atoms with Gasteiger partial charge in [0.2, 0.25) is 0 Å². The molecule has 0 bridgehead atoms. The van der Waals surface area contributed by atoms with E-state index in [1.165, 1.54) is 12.3 Å². The number of pyridine rings is 1. The minimum atomic E-state index is -0.597. The molecule has 1 aromatic heterocycles. The van der Waals surface area contributed by atoms with Crippen LogP contribution in [0.25, 0.3) is 10.4 Å². The number of carbonyl (C=O) groups is 1. The molecule has 0 saturated heterocycles. The fourth-order valence-corrected chi connectivity index (χ4v) is 1.01. The highest BCUT2D eigenvalue weighted by Gasteiger charge is 2.20. The fourth-order valence-electron chi connectivity index (χ4n) is 1.01. The van der Waals surface area contributed by atoms with Crippen LogP contribution < -0.4 is 0 Å². The molecular weight excluding hydrogens is 208 g/mol. The summed E-state index contributed by atoms with van der Waals surface area (Å²) < 4.78 is 5.15. The first kappa shape index (κ1) is 12.0. The van der Waals surface area contributed by atoms with E-state index in [-0.39, 0.29) is 11.4 Å². The molecule has 0 N–H and O–H groups in total. The maximum atomic E-state index is 11.7. The lowest BCUT2D eigenvalue weighted by Crippen LogP contribution is -2.24. The molecule has 6 nitrogen and oxygen atoms in total. The third kappa shape index (κ3) is 3.25. The number of esters is 1. The molecule has 0 unspecified atom stereocenters. The predicted molar refractivity (Wildman–Crippen MR) is 58.2 cm³/mol. The average molecular weight is 220 g/mol. The van der Waals surface area contributed by atoms with E-state index in [0.29, 0.717) is 0 Å². The van der Waals surface area contributed by atoms with Gasteiger partial charge in [-0.3, -0.25) is 4.98 Å². The molecule has 16 heavy (non-hydrogen) atoms. The van der Waals surface area contributed by atoms with E-state index < -0.39 is 11.6 Å². The second-order valence-corrected chi connectivity index (χ2v) is 4.07. The van der Waals surface area contributed by atoms with Gasteiger partial charge >= 0.3 is 5.97 Å². The van der Waals surface area contributed by atoms with E-state index in [1.807, 2.05) is 0 Å². The second kappa shape index (κ2) is 4.63. The van der Waals surface area contributed by atoms with Crippen LogP contribution in [0.5, 0.6) is 0 Å². The molecule has 0 amide bonds. The van der Waals surface area contributed by atoms with Crippen molar-refractivity contribution in [2.24, 2.45) is 5.11 Å². The predicted octanol–water partition coefficient (Wildman–Crippen LogP) is 2.98. The maximum Gasteiger partial charge on any atom is 0.340 e. The van der Waals surface area contributed by atoms with Gasteiger partial charge in [-0.25, -0.2) is 4.79 Å². The topological polar surface area (TPSA) is 88.0 Å². The maximum absolute atomic E-state index is 11.7. The van der Waals surface area contributed by atoms with E-state index in [9.17, 15) is 4.79 Å². The summed E-state index contributed by atoms with van der Waals surface area (Å²) in [4.78, 5) is 18.1. The molecular formula is C10H12N4O2. The monoisotopic (exact) mass is 220 g/mol. The zero-order chi connectivity index (χ0) is 12.2. The minimum Gasteiger partial charge on any atom is -0.456 e. The molecule has 0 aromatic carbocycles. The van der Waals surface area contributed by atoms with E-state index in [4.69, 9.17) is 10.3 Å². The van der Waals surface area contributed by atoms with E-state index in [0.717, 1.165) is 0 Å². The Morgan fingerprint density at radius 1 is 1.56 bits per heavy atom. The SMILES string of the molecule is CC(C)(C)OC(=O)c1cccnc1N=[N+]=[N-]. The zero-order valence-electron chi connectivity index (χ0n) is 9.34. The molecule has 1 aromatic rings. The van der Waals surface area contributed by atoms with Crippen molar-refractivity contribution in [2.75, 3.05) is 0 Å². The van der Waals surface area contributed by atoms with E-state index >= 15 is 0 Å². The van der Waals surface area contributed by atoms with Crippen molar-refractivity contribution >= 4 is 11.8 Å². The van der Waals surface area contributed by atoms with E-state index in [1.54, 1.807) is 26.8 Å². The van der Waals surface area contributed by atoms with Crippen LogP contribution in [0.15, 0.2) is 23.4 Å². The molecule has 6 heteroatoms. The van der Waals surface area contributed by atoms with Gasteiger partial charge in [0.05, 0.1) is 5.56 Å². The minimum absolute atomic E-state index is 0.0271. The number of aromatic nitrogens is 1. The second-order valence-electron chi connectivity index (χ2n) is 4.07. The third-order valence-electron chi connectivity index (χ3n) is 1.54. The van der Waals surface area contributed by atoms with Crippen LogP contribution >= 0.6 is 0 Å². The van der Waals surface area contributed by atoms with Gasteiger partial charge in [-0.2, -0.15) is 0 Å². The van der Waals surface area contributed by atoms with Crippen molar-refractivity contribution < 1.29 is 9.53 Å². The average Bonchev–Trinajstić information content (AvgIpc) is 2.16. The smallest absolute Gasteiger partial charge is 0.340 e. The molecule has 0 aliphatic rings. The Balaban J connectivity index is 3.04. The van der Waals surface area contributed by atoms with Crippen molar-refractivity contribution in [3.05, 3.63) is 34.3 Å². The number of carbonyl (C=O) groups excluding carboxylic acids is 1. The Morgan fingerprint density at radius 3 is 2.81 bits per heavy atom. The first-order valence-electron chi connectivity index (χ1n) is 4.67. The van der Waals surface area contributed by atoms with Crippen molar-refractivity contribution in [3.8, 4) is 0 Å². The van der Waals surface area contributed by atoms with Crippen molar-refractivity contribution in [1.82, 2.24) is 4.98 Å².